The first kappa shape index (κ1) is 23.7. The quantitative estimate of drug-likeness (QED) is 0.451. The van der Waals surface area contributed by atoms with Crippen molar-refractivity contribution in [3.05, 3.63) is 52.4 Å². The summed E-state index contributed by atoms with van der Waals surface area (Å²) in [5.41, 5.74) is -2.28. The molecule has 164 valence electrons. The number of sulfonamides is 1. The van der Waals surface area contributed by atoms with E-state index in [0.29, 0.717) is 12.1 Å². The van der Waals surface area contributed by atoms with Crippen LogP contribution < -0.4 is 4.31 Å². The Balaban J connectivity index is 2.54. The van der Waals surface area contributed by atoms with Gasteiger partial charge in [-0.2, -0.15) is 13.2 Å². The average Bonchev–Trinajstić information content (AvgIpc) is 2.63. The average molecular weight is 474 g/mol. The molecule has 0 N–H and O–H groups in total. The van der Waals surface area contributed by atoms with Crippen LogP contribution in [0, 0.1) is 0 Å². The molecule has 0 radical (unpaired) electrons. The Labute approximate surface area is 172 Å². The molecule has 1 heterocycles. The number of carbonyl (C=O) groups is 1. The summed E-state index contributed by atoms with van der Waals surface area (Å²) in [7, 11) is -3.79. The lowest BCUT2D eigenvalue weighted by atomic mass is 10.1. The molecule has 0 aliphatic heterocycles. The van der Waals surface area contributed by atoms with Gasteiger partial charge in [0.05, 0.1) is 25.0 Å². The van der Waals surface area contributed by atoms with Crippen molar-refractivity contribution in [3.63, 3.8) is 0 Å². The normalized spacial score (nSPS) is 12.1. The van der Waals surface area contributed by atoms with Gasteiger partial charge < -0.3 is 4.74 Å². The van der Waals surface area contributed by atoms with E-state index in [1.54, 1.807) is 0 Å². The van der Waals surface area contributed by atoms with Gasteiger partial charge in [0.15, 0.2) is 11.5 Å². The van der Waals surface area contributed by atoms with E-state index in [0.717, 1.165) is 25.6 Å². The van der Waals surface area contributed by atoms with Crippen molar-refractivity contribution in [2.45, 2.75) is 18.4 Å². The zero-order valence-corrected chi connectivity index (χ0v) is 16.6. The Kier molecular flexibility index (Phi) is 7.18. The van der Waals surface area contributed by atoms with Crippen LogP contribution in [-0.2, 0) is 26.7 Å². The highest BCUT2D eigenvalue weighted by atomic mass is 35.5. The topological polar surface area (TPSA) is 89.5 Å². The number of alkyl halides is 5. The van der Waals surface area contributed by atoms with Crippen LogP contribution in [0.1, 0.15) is 21.6 Å². The third-order valence-corrected chi connectivity index (χ3v) is 5.48. The fourth-order valence-corrected chi connectivity index (χ4v) is 4.14. The fourth-order valence-electron chi connectivity index (χ4n) is 2.40. The Morgan fingerprint density at radius 1 is 1.20 bits per heavy atom. The van der Waals surface area contributed by atoms with Gasteiger partial charge in [0.2, 0.25) is 10.0 Å². The van der Waals surface area contributed by atoms with Crippen LogP contribution >= 0.6 is 11.6 Å². The highest BCUT2D eigenvalue weighted by Crippen LogP contribution is 2.33. The molecule has 0 atom stereocenters. The minimum Gasteiger partial charge on any atom is -0.464 e. The summed E-state index contributed by atoms with van der Waals surface area (Å²) in [6.07, 6.45) is -6.04. The minimum absolute atomic E-state index is 0.102. The van der Waals surface area contributed by atoms with Gasteiger partial charge in [0.1, 0.15) is 0 Å². The van der Waals surface area contributed by atoms with Gasteiger partial charge in [-0.25, -0.2) is 36.3 Å². The zero-order valence-electron chi connectivity index (χ0n) is 15.0. The number of halogens is 6. The molecule has 2 aromatic rings. The summed E-state index contributed by atoms with van der Waals surface area (Å²) in [6, 6.07) is 2.07. The molecule has 0 aliphatic rings. The van der Waals surface area contributed by atoms with Crippen molar-refractivity contribution >= 4 is 33.4 Å². The first-order valence-corrected chi connectivity index (χ1v) is 9.88. The molecule has 0 amide bonds. The van der Waals surface area contributed by atoms with Gasteiger partial charge >= 0.3 is 12.1 Å². The van der Waals surface area contributed by atoms with Gasteiger partial charge in [-0.15, -0.1) is 0 Å². The highest BCUT2D eigenvalue weighted by Gasteiger charge is 2.34. The number of rotatable bonds is 7. The number of hydrogen-bond acceptors (Lipinski definition) is 6. The highest BCUT2D eigenvalue weighted by molar-refractivity contribution is 7.92. The Morgan fingerprint density at radius 3 is 2.40 bits per heavy atom. The Hall–Kier alpha value is -2.54. The number of ether oxygens (including phenoxy) is 1. The number of benzene rings is 1. The van der Waals surface area contributed by atoms with Gasteiger partial charge in [-0.3, -0.25) is 0 Å². The van der Waals surface area contributed by atoms with Crippen molar-refractivity contribution in [2.24, 2.45) is 0 Å². The smallest absolute Gasteiger partial charge is 0.416 e. The molecule has 0 fully saturated rings. The standard InChI is InChI=1S/C16H13ClF5N3O4S/c1-29-15(26)13-14(24-3-2-23-13)25(7-12(18)19)30(27,28)8-9-4-10(16(20,21)22)6-11(17)5-9/h2-6,12H,7-8H2,1H3. The van der Waals surface area contributed by atoms with Crippen LogP contribution in [-0.4, -0.2) is 44.4 Å². The number of carbonyl (C=O) groups excluding carboxylic acids is 1. The van der Waals surface area contributed by atoms with Crippen LogP contribution in [0.15, 0.2) is 30.6 Å². The van der Waals surface area contributed by atoms with Gasteiger partial charge in [0.25, 0.3) is 6.43 Å². The summed E-state index contributed by atoms with van der Waals surface area (Å²) in [5.74, 6) is -3.02. The second kappa shape index (κ2) is 9.08. The van der Waals surface area contributed by atoms with E-state index in [-0.39, 0.29) is 4.31 Å². The molecule has 14 heteroatoms. The summed E-state index contributed by atoms with van der Waals surface area (Å²) in [6.45, 7) is -1.42. The lowest BCUT2D eigenvalue weighted by Gasteiger charge is -2.24. The molecule has 7 nitrogen and oxygen atoms in total. The van der Waals surface area contributed by atoms with Crippen LogP contribution in [0.5, 0.6) is 0 Å². The van der Waals surface area contributed by atoms with E-state index < -0.39 is 68.6 Å². The van der Waals surface area contributed by atoms with E-state index in [1.807, 2.05) is 0 Å². The second-order valence-corrected chi connectivity index (χ2v) is 8.07. The molecule has 0 saturated carbocycles. The summed E-state index contributed by atoms with van der Waals surface area (Å²) >= 11 is 5.64. The van der Waals surface area contributed by atoms with Crippen molar-refractivity contribution in [1.82, 2.24) is 9.97 Å². The summed E-state index contributed by atoms with van der Waals surface area (Å²) in [5, 5.41) is -0.398. The first-order chi connectivity index (χ1) is 13.8. The van der Waals surface area contributed by atoms with E-state index in [2.05, 4.69) is 14.7 Å². The second-order valence-electron chi connectivity index (χ2n) is 5.74. The largest absolute Gasteiger partial charge is 0.464 e. The van der Waals surface area contributed by atoms with Crippen molar-refractivity contribution in [3.8, 4) is 0 Å². The number of esters is 1. The van der Waals surface area contributed by atoms with Crippen LogP contribution in [0.25, 0.3) is 0 Å². The van der Waals surface area contributed by atoms with E-state index in [4.69, 9.17) is 11.6 Å². The number of methoxy groups -OCH3 is 1. The lowest BCUT2D eigenvalue weighted by Crippen LogP contribution is -2.38. The van der Waals surface area contributed by atoms with Crippen LogP contribution in [0.2, 0.25) is 5.02 Å². The maximum atomic E-state index is 13.1. The predicted octanol–water partition coefficient (Wildman–Crippen LogP) is 3.54. The molecule has 2 rings (SSSR count). The maximum absolute atomic E-state index is 13.1. The number of aromatic nitrogens is 2. The predicted molar refractivity (Wildman–Crippen MR) is 95.8 cm³/mol. The molecule has 0 saturated heterocycles. The zero-order chi connectivity index (χ0) is 22.7. The summed E-state index contributed by atoms with van der Waals surface area (Å²) < 4.78 is 95.3. The van der Waals surface area contributed by atoms with Crippen molar-refractivity contribution in [2.75, 3.05) is 18.0 Å². The number of anilines is 1. The first-order valence-electron chi connectivity index (χ1n) is 7.89. The monoisotopic (exact) mass is 473 g/mol. The molecular weight excluding hydrogens is 461 g/mol. The maximum Gasteiger partial charge on any atom is 0.416 e. The molecule has 1 aromatic carbocycles. The van der Waals surface area contributed by atoms with Crippen molar-refractivity contribution < 1.29 is 39.9 Å². The number of nitrogens with zero attached hydrogens (tertiary/aromatic N) is 3. The Morgan fingerprint density at radius 2 is 1.83 bits per heavy atom. The van der Waals surface area contributed by atoms with E-state index >= 15 is 0 Å². The fraction of sp³-hybridized carbons (Fsp3) is 0.312. The molecule has 0 bridgehead atoms. The van der Waals surface area contributed by atoms with E-state index in [1.165, 1.54) is 0 Å². The van der Waals surface area contributed by atoms with Crippen LogP contribution in [0.3, 0.4) is 0 Å². The van der Waals surface area contributed by atoms with Gasteiger partial charge in [0, 0.05) is 17.4 Å². The molecule has 0 spiro atoms. The molecule has 30 heavy (non-hydrogen) atoms. The molecule has 0 unspecified atom stereocenters. The molecule has 0 aliphatic carbocycles. The lowest BCUT2D eigenvalue weighted by molar-refractivity contribution is -0.137. The summed E-state index contributed by atoms with van der Waals surface area (Å²) in [4.78, 5) is 19.1. The van der Waals surface area contributed by atoms with Gasteiger partial charge in [-0.05, 0) is 23.8 Å². The Bertz CT molecular complexity index is 1030. The third kappa shape index (κ3) is 5.75. The van der Waals surface area contributed by atoms with E-state index in [9.17, 15) is 35.2 Å². The van der Waals surface area contributed by atoms with Gasteiger partial charge in [-0.1, -0.05) is 11.6 Å². The van der Waals surface area contributed by atoms with Crippen LogP contribution in [0.4, 0.5) is 27.8 Å². The molecule has 1 aromatic heterocycles. The van der Waals surface area contributed by atoms with Crippen molar-refractivity contribution in [1.29, 1.82) is 0 Å². The number of hydrogen-bond donors (Lipinski definition) is 0. The molecular formula is C16H13ClF5N3O4S. The minimum atomic E-state index is -4.81. The SMILES string of the molecule is COC(=O)c1nccnc1N(CC(F)F)S(=O)(=O)Cc1cc(Cl)cc(C(F)(F)F)c1. The third-order valence-electron chi connectivity index (χ3n) is 3.57.